The summed E-state index contributed by atoms with van der Waals surface area (Å²) in [5, 5.41) is 2.86. The van der Waals surface area contributed by atoms with Crippen LogP contribution in [-0.2, 0) is 23.1 Å². The number of rotatable bonds is 9. The number of carbonyl (C=O) groups is 1. The minimum absolute atomic E-state index is 0.219. The van der Waals surface area contributed by atoms with E-state index in [0.717, 1.165) is 16.7 Å². The number of nitrogens with one attached hydrogen (secondary N) is 1. The highest BCUT2D eigenvalue weighted by Crippen LogP contribution is 2.27. The van der Waals surface area contributed by atoms with Crippen LogP contribution in [0.15, 0.2) is 66.7 Å². The van der Waals surface area contributed by atoms with Crippen LogP contribution in [0.1, 0.15) is 27.0 Å². The normalized spacial score (nSPS) is 11.0. The zero-order valence-corrected chi connectivity index (χ0v) is 20.0. The number of sulfonamides is 1. The van der Waals surface area contributed by atoms with Gasteiger partial charge >= 0.3 is 0 Å². The molecule has 174 valence electrons. The van der Waals surface area contributed by atoms with Crippen molar-refractivity contribution >= 4 is 21.6 Å². The van der Waals surface area contributed by atoms with Crippen LogP contribution in [0.5, 0.6) is 11.5 Å². The molecule has 33 heavy (non-hydrogen) atoms. The third-order valence-electron chi connectivity index (χ3n) is 5.29. The lowest BCUT2D eigenvalue weighted by Gasteiger charge is -2.23. The summed E-state index contributed by atoms with van der Waals surface area (Å²) in [5.74, 6) is 0.938. The van der Waals surface area contributed by atoms with Gasteiger partial charge in [-0.1, -0.05) is 30.3 Å². The molecule has 8 heteroatoms. The molecule has 0 spiro atoms. The summed E-state index contributed by atoms with van der Waals surface area (Å²) in [5.41, 5.74) is 3.72. The van der Waals surface area contributed by atoms with Crippen molar-refractivity contribution in [1.29, 1.82) is 0 Å². The molecule has 1 N–H and O–H groups in total. The van der Waals surface area contributed by atoms with E-state index in [9.17, 15) is 13.2 Å². The summed E-state index contributed by atoms with van der Waals surface area (Å²) in [6.07, 6.45) is 1.18. The summed E-state index contributed by atoms with van der Waals surface area (Å²) in [7, 11) is -0.393. The minimum Gasteiger partial charge on any atom is -0.493 e. The lowest BCUT2D eigenvalue weighted by Crippen LogP contribution is -2.29. The summed E-state index contributed by atoms with van der Waals surface area (Å²) in [4.78, 5) is 12.6. The average molecular weight is 469 g/mol. The Kier molecular flexibility index (Phi) is 7.60. The second-order valence-corrected chi connectivity index (χ2v) is 9.52. The van der Waals surface area contributed by atoms with Crippen molar-refractivity contribution in [3.8, 4) is 11.5 Å². The van der Waals surface area contributed by atoms with E-state index < -0.39 is 10.0 Å². The average Bonchev–Trinajstić information content (AvgIpc) is 2.81. The summed E-state index contributed by atoms with van der Waals surface area (Å²) < 4.78 is 36.8. The number of methoxy groups -OCH3 is 2. The Balaban J connectivity index is 1.72. The van der Waals surface area contributed by atoms with Crippen LogP contribution in [0.4, 0.5) is 5.69 Å². The van der Waals surface area contributed by atoms with Gasteiger partial charge < -0.3 is 14.8 Å². The molecule has 0 bridgehead atoms. The number of hydrogen-bond donors (Lipinski definition) is 1. The van der Waals surface area contributed by atoms with Crippen molar-refractivity contribution < 1.29 is 22.7 Å². The van der Waals surface area contributed by atoms with Gasteiger partial charge in [0, 0.05) is 12.1 Å². The Morgan fingerprint density at radius 2 is 1.61 bits per heavy atom. The number of anilines is 1. The standard InChI is InChI=1S/C25H28N2O5S/c1-18-7-5-6-8-21(18)17-27(33(4,29)30)22-12-10-20(11-13-22)25(28)26-16-19-9-14-23(31-2)24(15-19)32-3/h5-15H,16-17H2,1-4H3,(H,26,28). The Hall–Kier alpha value is -3.52. The second kappa shape index (κ2) is 10.4. The Morgan fingerprint density at radius 1 is 0.939 bits per heavy atom. The minimum atomic E-state index is -3.51. The molecule has 0 aromatic heterocycles. The molecule has 7 nitrogen and oxygen atoms in total. The van der Waals surface area contributed by atoms with Crippen LogP contribution in [0.3, 0.4) is 0 Å². The first-order valence-electron chi connectivity index (χ1n) is 10.3. The zero-order chi connectivity index (χ0) is 24.0. The van der Waals surface area contributed by atoms with Crippen LogP contribution in [-0.4, -0.2) is 34.8 Å². The van der Waals surface area contributed by atoms with Gasteiger partial charge in [0.1, 0.15) is 0 Å². The van der Waals surface area contributed by atoms with Crippen LogP contribution >= 0.6 is 0 Å². The lowest BCUT2D eigenvalue weighted by atomic mass is 10.1. The number of nitrogens with zero attached hydrogens (tertiary/aromatic N) is 1. The lowest BCUT2D eigenvalue weighted by molar-refractivity contribution is 0.0951. The van der Waals surface area contributed by atoms with Crippen molar-refractivity contribution in [3.05, 3.63) is 89.0 Å². The number of hydrogen-bond acceptors (Lipinski definition) is 5. The SMILES string of the molecule is COc1ccc(CNC(=O)c2ccc(N(Cc3ccccc3C)S(C)(=O)=O)cc2)cc1OC. The second-order valence-electron chi connectivity index (χ2n) is 7.62. The van der Waals surface area contributed by atoms with E-state index in [4.69, 9.17) is 9.47 Å². The molecule has 0 radical (unpaired) electrons. The molecule has 0 aliphatic carbocycles. The predicted octanol–water partition coefficient (Wildman–Crippen LogP) is 3.91. The monoisotopic (exact) mass is 468 g/mol. The molecule has 0 fully saturated rings. The largest absolute Gasteiger partial charge is 0.493 e. The van der Waals surface area contributed by atoms with E-state index in [2.05, 4.69) is 5.32 Å². The van der Waals surface area contributed by atoms with E-state index in [-0.39, 0.29) is 12.5 Å². The third kappa shape index (κ3) is 6.04. The number of ether oxygens (including phenoxy) is 2. The zero-order valence-electron chi connectivity index (χ0n) is 19.2. The highest BCUT2D eigenvalue weighted by atomic mass is 32.2. The molecule has 0 atom stereocenters. The fourth-order valence-corrected chi connectivity index (χ4v) is 4.27. The molecular weight excluding hydrogens is 440 g/mol. The first-order valence-corrected chi connectivity index (χ1v) is 12.2. The van der Waals surface area contributed by atoms with Gasteiger partial charge in [-0.2, -0.15) is 0 Å². The van der Waals surface area contributed by atoms with Crippen LogP contribution in [0.2, 0.25) is 0 Å². The number of carbonyl (C=O) groups excluding carboxylic acids is 1. The van der Waals surface area contributed by atoms with Gasteiger partial charge in [-0.3, -0.25) is 9.10 Å². The molecule has 0 saturated heterocycles. The maximum Gasteiger partial charge on any atom is 0.251 e. The number of benzene rings is 3. The molecule has 3 aromatic carbocycles. The highest BCUT2D eigenvalue weighted by Gasteiger charge is 2.19. The quantitative estimate of drug-likeness (QED) is 0.515. The van der Waals surface area contributed by atoms with Crippen molar-refractivity contribution in [2.24, 2.45) is 0 Å². The Bertz CT molecular complexity index is 1220. The first-order chi connectivity index (χ1) is 15.7. The Morgan fingerprint density at radius 3 is 2.21 bits per heavy atom. The number of aryl methyl sites for hydroxylation is 1. The van der Waals surface area contributed by atoms with Gasteiger partial charge in [0.2, 0.25) is 10.0 Å². The predicted molar refractivity (Wildman–Crippen MR) is 129 cm³/mol. The van der Waals surface area contributed by atoms with Crippen molar-refractivity contribution in [2.45, 2.75) is 20.0 Å². The smallest absolute Gasteiger partial charge is 0.251 e. The van der Waals surface area contributed by atoms with Crippen molar-refractivity contribution in [2.75, 3.05) is 24.8 Å². The first kappa shape index (κ1) is 24.1. The molecule has 0 heterocycles. The van der Waals surface area contributed by atoms with E-state index in [0.29, 0.717) is 29.3 Å². The van der Waals surface area contributed by atoms with Crippen LogP contribution < -0.4 is 19.1 Å². The maximum atomic E-state index is 12.6. The van der Waals surface area contributed by atoms with Gasteiger partial charge in [-0.05, 0) is 60.0 Å². The fraction of sp³-hybridized carbons (Fsp3) is 0.240. The maximum absolute atomic E-state index is 12.6. The van der Waals surface area contributed by atoms with Gasteiger partial charge in [-0.25, -0.2) is 8.42 Å². The Labute approximate surface area is 195 Å². The number of amides is 1. The third-order valence-corrected chi connectivity index (χ3v) is 6.43. The summed E-state index contributed by atoms with van der Waals surface area (Å²) in [6.45, 7) is 2.47. The summed E-state index contributed by atoms with van der Waals surface area (Å²) >= 11 is 0. The van der Waals surface area contributed by atoms with E-state index in [1.807, 2.05) is 37.3 Å². The molecule has 1 amide bonds. The molecular formula is C25H28N2O5S. The van der Waals surface area contributed by atoms with Crippen LogP contribution in [0, 0.1) is 6.92 Å². The molecule has 3 rings (SSSR count). The topological polar surface area (TPSA) is 84.9 Å². The van der Waals surface area contributed by atoms with E-state index in [1.165, 1.54) is 10.6 Å². The summed E-state index contributed by atoms with van der Waals surface area (Å²) in [6, 6.07) is 19.6. The van der Waals surface area contributed by atoms with Gasteiger partial charge in [0.25, 0.3) is 5.91 Å². The van der Waals surface area contributed by atoms with Crippen LogP contribution in [0.25, 0.3) is 0 Å². The highest BCUT2D eigenvalue weighted by molar-refractivity contribution is 7.92. The molecule has 0 aliphatic rings. The molecule has 0 saturated carbocycles. The van der Waals surface area contributed by atoms with Crippen molar-refractivity contribution in [1.82, 2.24) is 5.32 Å². The van der Waals surface area contributed by atoms with Gasteiger partial charge in [0.05, 0.1) is 32.7 Å². The molecule has 3 aromatic rings. The van der Waals surface area contributed by atoms with Gasteiger partial charge in [-0.15, -0.1) is 0 Å². The van der Waals surface area contributed by atoms with E-state index >= 15 is 0 Å². The molecule has 0 aliphatic heterocycles. The molecule has 0 unspecified atom stereocenters. The van der Waals surface area contributed by atoms with Crippen molar-refractivity contribution in [3.63, 3.8) is 0 Å². The van der Waals surface area contributed by atoms with Gasteiger partial charge in [0.15, 0.2) is 11.5 Å². The van der Waals surface area contributed by atoms with E-state index in [1.54, 1.807) is 50.6 Å². The fourth-order valence-electron chi connectivity index (χ4n) is 3.40.